The normalized spacial score (nSPS) is 10.2. The molecule has 21 heavy (non-hydrogen) atoms. The molecule has 0 aliphatic rings. The molecule has 0 atom stereocenters. The molecule has 0 spiro atoms. The van der Waals surface area contributed by atoms with Crippen LogP contribution in [-0.2, 0) is 6.54 Å². The fourth-order valence-corrected chi connectivity index (χ4v) is 3.01. The minimum atomic E-state index is -0.0684. The van der Waals surface area contributed by atoms with Crippen LogP contribution in [-0.4, -0.2) is 20.0 Å². The Balaban J connectivity index is 2.24. The maximum atomic E-state index is 11.5. The average Bonchev–Trinajstić information content (AvgIpc) is 2.81. The number of para-hydroxylation sites is 1. The number of carbonyl (C=O) groups is 1. The van der Waals surface area contributed by atoms with Crippen LogP contribution in [0.25, 0.3) is 0 Å². The highest BCUT2D eigenvalue weighted by Gasteiger charge is 2.19. The molecule has 2 aromatic rings. The lowest BCUT2D eigenvalue weighted by Crippen LogP contribution is -2.01. The lowest BCUT2D eigenvalue weighted by Gasteiger charge is -2.10. The molecule has 1 heterocycles. The van der Waals surface area contributed by atoms with Crippen molar-refractivity contribution in [1.29, 1.82) is 0 Å². The zero-order chi connectivity index (χ0) is 15.4. The van der Waals surface area contributed by atoms with E-state index in [9.17, 15) is 4.79 Å². The summed E-state index contributed by atoms with van der Waals surface area (Å²) in [6.45, 7) is 2.04. The molecule has 1 aromatic carbocycles. The third-order valence-electron chi connectivity index (χ3n) is 3.06. The van der Waals surface area contributed by atoms with Crippen molar-refractivity contribution in [3.05, 3.63) is 34.7 Å². The van der Waals surface area contributed by atoms with Gasteiger partial charge in [-0.2, -0.15) is 0 Å². The summed E-state index contributed by atoms with van der Waals surface area (Å²) in [5, 5.41) is 3.99. The van der Waals surface area contributed by atoms with Gasteiger partial charge in [-0.15, -0.1) is 11.3 Å². The number of ether oxygens (including phenoxy) is 2. The average molecular weight is 306 g/mol. The number of nitrogen functional groups attached to an aromatic ring is 1. The molecule has 0 aliphatic heterocycles. The quantitative estimate of drug-likeness (QED) is 0.802. The van der Waals surface area contributed by atoms with Crippen LogP contribution in [0.5, 0.6) is 11.5 Å². The van der Waals surface area contributed by atoms with Crippen LogP contribution >= 0.6 is 11.3 Å². The predicted octanol–water partition coefficient (Wildman–Crippen LogP) is 3.16. The van der Waals surface area contributed by atoms with E-state index in [2.05, 4.69) is 5.32 Å². The molecule has 0 amide bonds. The molecule has 1 aromatic heterocycles. The summed E-state index contributed by atoms with van der Waals surface area (Å²) in [5.74, 6) is 1.25. The van der Waals surface area contributed by atoms with E-state index in [4.69, 9.17) is 15.2 Å². The highest BCUT2D eigenvalue weighted by molar-refractivity contribution is 7.19. The zero-order valence-electron chi connectivity index (χ0n) is 12.2. The molecule has 5 nitrogen and oxygen atoms in total. The number of ketones is 1. The summed E-state index contributed by atoms with van der Waals surface area (Å²) >= 11 is 1.30. The second-order valence-corrected chi connectivity index (χ2v) is 5.45. The van der Waals surface area contributed by atoms with E-state index < -0.39 is 0 Å². The van der Waals surface area contributed by atoms with Gasteiger partial charge in [-0.05, 0) is 6.07 Å². The van der Waals surface area contributed by atoms with Crippen LogP contribution in [0.15, 0.2) is 24.3 Å². The van der Waals surface area contributed by atoms with E-state index in [0.717, 1.165) is 16.3 Å². The Bertz CT molecular complexity index is 652. The Morgan fingerprint density at radius 1 is 1.29 bits per heavy atom. The van der Waals surface area contributed by atoms with E-state index in [1.165, 1.54) is 25.4 Å². The number of Topliss-reactive ketones (excluding diaryl/α,β-unsaturated/α-hetero) is 1. The second kappa shape index (κ2) is 6.49. The first-order chi connectivity index (χ1) is 10.1. The number of thiophene rings is 1. The van der Waals surface area contributed by atoms with Gasteiger partial charge in [0, 0.05) is 19.0 Å². The van der Waals surface area contributed by atoms with E-state index in [0.29, 0.717) is 22.9 Å². The second-order valence-electron chi connectivity index (χ2n) is 4.43. The Kier molecular flexibility index (Phi) is 4.70. The lowest BCUT2D eigenvalue weighted by molar-refractivity contribution is 0.102. The minimum Gasteiger partial charge on any atom is -0.496 e. The van der Waals surface area contributed by atoms with Gasteiger partial charge in [0.25, 0.3) is 0 Å². The molecule has 0 saturated carbocycles. The number of hydrogen-bond donors (Lipinski definition) is 2. The Labute approximate surface area is 127 Å². The van der Waals surface area contributed by atoms with Crippen LogP contribution in [0.4, 0.5) is 10.7 Å². The fourth-order valence-electron chi connectivity index (χ4n) is 2.03. The van der Waals surface area contributed by atoms with Gasteiger partial charge < -0.3 is 20.5 Å². The number of nitrogens with one attached hydrogen (secondary N) is 1. The fraction of sp³-hybridized carbons (Fsp3) is 0.267. The summed E-state index contributed by atoms with van der Waals surface area (Å²) in [4.78, 5) is 12.1. The van der Waals surface area contributed by atoms with Crippen molar-refractivity contribution in [3.8, 4) is 11.5 Å². The highest BCUT2D eigenvalue weighted by atomic mass is 32.1. The largest absolute Gasteiger partial charge is 0.496 e. The van der Waals surface area contributed by atoms with Crippen LogP contribution in [0, 0.1) is 0 Å². The van der Waals surface area contributed by atoms with Crippen LogP contribution < -0.4 is 20.5 Å². The summed E-state index contributed by atoms with van der Waals surface area (Å²) in [7, 11) is 3.17. The first-order valence-corrected chi connectivity index (χ1v) is 7.23. The molecule has 3 N–H and O–H groups in total. The molecule has 0 fully saturated rings. The van der Waals surface area contributed by atoms with Gasteiger partial charge >= 0.3 is 0 Å². The third kappa shape index (κ3) is 3.11. The van der Waals surface area contributed by atoms with Gasteiger partial charge in [-0.1, -0.05) is 18.2 Å². The van der Waals surface area contributed by atoms with E-state index in [-0.39, 0.29) is 5.78 Å². The van der Waals surface area contributed by atoms with Gasteiger partial charge in [-0.25, -0.2) is 0 Å². The Morgan fingerprint density at radius 3 is 2.62 bits per heavy atom. The van der Waals surface area contributed by atoms with Crippen molar-refractivity contribution in [3.63, 3.8) is 0 Å². The van der Waals surface area contributed by atoms with Crippen molar-refractivity contribution in [2.75, 3.05) is 25.3 Å². The standard InChI is InChI=1S/C15H18N2O3S/c1-9(18)14-12(16)13(20-3)15(21-14)17-8-10-6-4-5-7-11(10)19-2/h4-7,17H,8,16H2,1-3H3. The van der Waals surface area contributed by atoms with Gasteiger partial charge in [-0.3, -0.25) is 4.79 Å². The number of carbonyl (C=O) groups excluding carboxylic acids is 1. The molecule has 0 unspecified atom stereocenters. The molecule has 6 heteroatoms. The number of methoxy groups -OCH3 is 2. The molecule has 2 rings (SSSR count). The van der Waals surface area contributed by atoms with Crippen LogP contribution in [0.2, 0.25) is 0 Å². The SMILES string of the molecule is COc1ccccc1CNc1sc(C(C)=O)c(N)c1OC. The molecule has 112 valence electrons. The van der Waals surface area contributed by atoms with Crippen molar-refractivity contribution in [2.45, 2.75) is 13.5 Å². The van der Waals surface area contributed by atoms with Crippen molar-refractivity contribution < 1.29 is 14.3 Å². The van der Waals surface area contributed by atoms with Crippen molar-refractivity contribution in [2.24, 2.45) is 0 Å². The van der Waals surface area contributed by atoms with E-state index >= 15 is 0 Å². The molecule has 0 bridgehead atoms. The topological polar surface area (TPSA) is 73.6 Å². The Morgan fingerprint density at radius 2 is 2.00 bits per heavy atom. The number of nitrogens with two attached hydrogens (primary N) is 1. The van der Waals surface area contributed by atoms with E-state index in [1.54, 1.807) is 7.11 Å². The third-order valence-corrected chi connectivity index (χ3v) is 4.30. The molecular weight excluding hydrogens is 288 g/mol. The summed E-state index contributed by atoms with van der Waals surface area (Å²) in [6, 6.07) is 7.74. The molecule has 0 aliphatic carbocycles. The summed E-state index contributed by atoms with van der Waals surface area (Å²) in [5.41, 5.74) is 7.34. The van der Waals surface area contributed by atoms with Crippen LogP contribution in [0.1, 0.15) is 22.2 Å². The molecular formula is C15H18N2O3S. The first kappa shape index (κ1) is 15.2. The van der Waals surface area contributed by atoms with Crippen molar-refractivity contribution in [1.82, 2.24) is 0 Å². The smallest absolute Gasteiger partial charge is 0.176 e. The predicted molar refractivity (Wildman–Crippen MR) is 85.6 cm³/mol. The van der Waals surface area contributed by atoms with Gasteiger partial charge in [0.1, 0.15) is 10.8 Å². The maximum absolute atomic E-state index is 11.5. The molecule has 0 radical (unpaired) electrons. The van der Waals surface area contributed by atoms with Gasteiger partial charge in [0.15, 0.2) is 11.5 Å². The summed E-state index contributed by atoms with van der Waals surface area (Å²) < 4.78 is 10.6. The number of hydrogen-bond acceptors (Lipinski definition) is 6. The molecule has 0 saturated heterocycles. The van der Waals surface area contributed by atoms with Gasteiger partial charge in [0.05, 0.1) is 24.8 Å². The van der Waals surface area contributed by atoms with Gasteiger partial charge in [0.2, 0.25) is 0 Å². The summed E-state index contributed by atoms with van der Waals surface area (Å²) in [6.07, 6.45) is 0. The Hall–Kier alpha value is -2.21. The number of rotatable bonds is 6. The highest BCUT2D eigenvalue weighted by Crippen LogP contribution is 2.42. The monoisotopic (exact) mass is 306 g/mol. The lowest BCUT2D eigenvalue weighted by atomic mass is 10.2. The zero-order valence-corrected chi connectivity index (χ0v) is 13.0. The number of benzene rings is 1. The van der Waals surface area contributed by atoms with Crippen LogP contribution in [0.3, 0.4) is 0 Å². The number of anilines is 2. The maximum Gasteiger partial charge on any atom is 0.176 e. The van der Waals surface area contributed by atoms with Crippen molar-refractivity contribution >= 4 is 27.8 Å². The first-order valence-electron chi connectivity index (χ1n) is 6.41. The minimum absolute atomic E-state index is 0.0684. The van der Waals surface area contributed by atoms with E-state index in [1.807, 2.05) is 24.3 Å².